The van der Waals surface area contributed by atoms with Crippen LogP contribution in [0.2, 0.25) is 0 Å². The quantitative estimate of drug-likeness (QED) is 0.603. The Morgan fingerprint density at radius 2 is 1.77 bits per heavy atom. The van der Waals surface area contributed by atoms with Crippen LogP contribution in [0.25, 0.3) is 11.5 Å². The molecule has 0 amide bonds. The van der Waals surface area contributed by atoms with Crippen LogP contribution in [0.1, 0.15) is 16.2 Å². The zero-order valence-electron chi connectivity index (χ0n) is 14.7. The van der Waals surface area contributed by atoms with E-state index in [-0.39, 0.29) is 12.2 Å². The number of methoxy groups -OCH3 is 3. The van der Waals surface area contributed by atoms with Crippen LogP contribution < -0.4 is 14.2 Å². The zero-order valence-corrected chi connectivity index (χ0v) is 14.7. The lowest BCUT2D eigenvalue weighted by molar-refractivity contribution is 0.0987. The summed E-state index contributed by atoms with van der Waals surface area (Å²) in [4.78, 5) is 16.9. The molecule has 0 aliphatic heterocycles. The molecule has 7 heteroatoms. The van der Waals surface area contributed by atoms with Crippen LogP contribution in [-0.4, -0.2) is 37.3 Å². The molecule has 2 aromatic carbocycles. The molecule has 1 heterocycles. The zero-order chi connectivity index (χ0) is 18.5. The second-order valence-corrected chi connectivity index (χ2v) is 5.41. The SMILES string of the molecule is COc1cccc(-c2nc(CC(=O)c3ccc(OC)cc3OC)no2)c1. The molecule has 0 fully saturated rings. The minimum absolute atomic E-state index is 0.00381. The van der Waals surface area contributed by atoms with Gasteiger partial charge in [-0.05, 0) is 30.3 Å². The van der Waals surface area contributed by atoms with Crippen molar-refractivity contribution in [2.45, 2.75) is 6.42 Å². The van der Waals surface area contributed by atoms with Crippen molar-refractivity contribution >= 4 is 5.78 Å². The molecule has 0 radical (unpaired) electrons. The van der Waals surface area contributed by atoms with E-state index in [0.29, 0.717) is 34.5 Å². The van der Waals surface area contributed by atoms with Gasteiger partial charge in [-0.3, -0.25) is 4.79 Å². The second-order valence-electron chi connectivity index (χ2n) is 5.41. The van der Waals surface area contributed by atoms with Gasteiger partial charge in [0.15, 0.2) is 11.6 Å². The Balaban J connectivity index is 1.79. The summed E-state index contributed by atoms with van der Waals surface area (Å²) in [5.41, 5.74) is 1.15. The summed E-state index contributed by atoms with van der Waals surface area (Å²) in [5.74, 6) is 2.17. The normalized spacial score (nSPS) is 10.4. The van der Waals surface area contributed by atoms with E-state index in [2.05, 4.69) is 10.1 Å². The van der Waals surface area contributed by atoms with E-state index in [4.69, 9.17) is 18.7 Å². The average Bonchev–Trinajstić information content (AvgIpc) is 3.15. The largest absolute Gasteiger partial charge is 0.497 e. The molecule has 3 aromatic rings. The van der Waals surface area contributed by atoms with Crippen molar-refractivity contribution in [2.75, 3.05) is 21.3 Å². The first-order valence-electron chi connectivity index (χ1n) is 7.87. The fraction of sp³-hybridized carbons (Fsp3) is 0.211. The van der Waals surface area contributed by atoms with E-state index >= 15 is 0 Å². The lowest BCUT2D eigenvalue weighted by atomic mass is 10.1. The maximum atomic E-state index is 12.6. The highest BCUT2D eigenvalue weighted by atomic mass is 16.5. The van der Waals surface area contributed by atoms with Gasteiger partial charge in [0, 0.05) is 11.6 Å². The van der Waals surface area contributed by atoms with Gasteiger partial charge in [-0.1, -0.05) is 11.2 Å². The van der Waals surface area contributed by atoms with E-state index < -0.39 is 0 Å². The Hall–Kier alpha value is -3.35. The number of nitrogens with zero attached hydrogens (tertiary/aromatic N) is 2. The Morgan fingerprint density at radius 1 is 1.00 bits per heavy atom. The number of ether oxygens (including phenoxy) is 3. The van der Waals surface area contributed by atoms with E-state index in [1.165, 1.54) is 7.11 Å². The van der Waals surface area contributed by atoms with Crippen molar-refractivity contribution in [3.8, 4) is 28.7 Å². The number of aromatic nitrogens is 2. The summed E-state index contributed by atoms with van der Waals surface area (Å²) < 4.78 is 20.8. The number of rotatable bonds is 7. The maximum absolute atomic E-state index is 12.6. The van der Waals surface area contributed by atoms with Crippen LogP contribution in [0.3, 0.4) is 0 Å². The van der Waals surface area contributed by atoms with Crippen molar-refractivity contribution in [2.24, 2.45) is 0 Å². The minimum Gasteiger partial charge on any atom is -0.497 e. The molecule has 1 aromatic heterocycles. The van der Waals surface area contributed by atoms with Crippen molar-refractivity contribution in [1.82, 2.24) is 10.1 Å². The van der Waals surface area contributed by atoms with Crippen LogP contribution >= 0.6 is 0 Å². The van der Waals surface area contributed by atoms with Gasteiger partial charge in [-0.2, -0.15) is 4.98 Å². The van der Waals surface area contributed by atoms with Crippen molar-refractivity contribution < 1.29 is 23.5 Å². The monoisotopic (exact) mass is 354 g/mol. The van der Waals surface area contributed by atoms with Crippen molar-refractivity contribution in [1.29, 1.82) is 0 Å². The van der Waals surface area contributed by atoms with E-state index in [1.807, 2.05) is 18.2 Å². The first kappa shape index (κ1) is 17.5. The number of Topliss-reactive ketones (excluding diaryl/α,β-unsaturated/α-hetero) is 1. The molecule has 0 spiro atoms. The number of ketones is 1. The Bertz CT molecular complexity index is 920. The van der Waals surface area contributed by atoms with E-state index in [9.17, 15) is 4.79 Å². The number of hydrogen-bond donors (Lipinski definition) is 0. The van der Waals surface area contributed by atoms with Gasteiger partial charge in [0.2, 0.25) is 0 Å². The third kappa shape index (κ3) is 3.66. The Labute approximate surface area is 150 Å². The van der Waals surface area contributed by atoms with E-state index in [0.717, 1.165) is 5.56 Å². The van der Waals surface area contributed by atoms with Gasteiger partial charge in [-0.25, -0.2) is 0 Å². The summed E-state index contributed by atoms with van der Waals surface area (Å²) in [7, 11) is 4.63. The molecule has 3 rings (SSSR count). The number of carbonyl (C=O) groups is 1. The van der Waals surface area contributed by atoms with Crippen molar-refractivity contribution in [3.05, 3.63) is 53.9 Å². The molecular weight excluding hydrogens is 336 g/mol. The predicted octanol–water partition coefficient (Wildman–Crippen LogP) is 3.19. The highest BCUT2D eigenvalue weighted by molar-refractivity contribution is 5.99. The van der Waals surface area contributed by atoms with Gasteiger partial charge in [0.05, 0.1) is 33.3 Å². The number of benzene rings is 2. The Morgan fingerprint density at radius 3 is 2.50 bits per heavy atom. The molecule has 7 nitrogen and oxygen atoms in total. The molecular formula is C19H18N2O5. The first-order valence-corrected chi connectivity index (χ1v) is 7.87. The molecule has 0 aliphatic carbocycles. The average molecular weight is 354 g/mol. The van der Waals surface area contributed by atoms with Crippen LogP contribution in [0, 0.1) is 0 Å². The maximum Gasteiger partial charge on any atom is 0.258 e. The molecule has 0 bridgehead atoms. The summed E-state index contributed by atoms with van der Waals surface area (Å²) in [6.45, 7) is 0. The first-order chi connectivity index (χ1) is 12.6. The highest BCUT2D eigenvalue weighted by Gasteiger charge is 2.18. The molecule has 26 heavy (non-hydrogen) atoms. The number of carbonyl (C=O) groups excluding carboxylic acids is 1. The Kier molecular flexibility index (Phi) is 5.17. The smallest absolute Gasteiger partial charge is 0.258 e. The van der Waals surface area contributed by atoms with Gasteiger partial charge >= 0.3 is 0 Å². The van der Waals surface area contributed by atoms with Crippen LogP contribution in [-0.2, 0) is 6.42 Å². The van der Waals surface area contributed by atoms with E-state index in [1.54, 1.807) is 38.5 Å². The lowest BCUT2D eigenvalue weighted by Crippen LogP contribution is -2.07. The summed E-state index contributed by atoms with van der Waals surface area (Å²) in [6.07, 6.45) is -0.00381. The molecule has 0 N–H and O–H groups in total. The second kappa shape index (κ2) is 7.69. The standard InChI is InChI=1S/C19H18N2O5/c1-23-13-6-4-5-12(9-13)19-20-18(21-26-19)11-16(22)15-8-7-14(24-2)10-17(15)25-3/h4-10H,11H2,1-3H3. The van der Waals surface area contributed by atoms with Crippen LogP contribution in [0.15, 0.2) is 47.0 Å². The third-order valence-electron chi connectivity index (χ3n) is 3.81. The van der Waals surface area contributed by atoms with Gasteiger partial charge in [0.1, 0.15) is 17.2 Å². The van der Waals surface area contributed by atoms with Crippen LogP contribution in [0.4, 0.5) is 0 Å². The highest BCUT2D eigenvalue weighted by Crippen LogP contribution is 2.26. The molecule has 0 saturated heterocycles. The summed E-state index contributed by atoms with van der Waals surface area (Å²) in [6, 6.07) is 12.3. The predicted molar refractivity (Wildman–Crippen MR) is 93.9 cm³/mol. The summed E-state index contributed by atoms with van der Waals surface area (Å²) in [5, 5.41) is 3.89. The topological polar surface area (TPSA) is 83.7 Å². The third-order valence-corrected chi connectivity index (χ3v) is 3.81. The molecule has 0 atom stereocenters. The van der Waals surface area contributed by atoms with Gasteiger partial charge in [0.25, 0.3) is 5.89 Å². The van der Waals surface area contributed by atoms with Gasteiger partial charge < -0.3 is 18.7 Å². The molecule has 0 aliphatic rings. The lowest BCUT2D eigenvalue weighted by Gasteiger charge is -2.08. The molecule has 134 valence electrons. The van der Waals surface area contributed by atoms with Gasteiger partial charge in [-0.15, -0.1) is 0 Å². The fourth-order valence-electron chi connectivity index (χ4n) is 2.47. The molecule has 0 unspecified atom stereocenters. The van der Waals surface area contributed by atoms with Crippen LogP contribution in [0.5, 0.6) is 17.2 Å². The molecule has 0 saturated carbocycles. The number of hydrogen-bond acceptors (Lipinski definition) is 7. The van der Waals surface area contributed by atoms with Crippen molar-refractivity contribution in [3.63, 3.8) is 0 Å². The fourth-order valence-corrected chi connectivity index (χ4v) is 2.47. The summed E-state index contributed by atoms with van der Waals surface area (Å²) >= 11 is 0. The minimum atomic E-state index is -0.178.